The number of rotatable bonds is 5. The number of carbonyl (C=O) groups excluding carboxylic acids is 2. The van der Waals surface area contributed by atoms with E-state index in [0.29, 0.717) is 40.9 Å². The second kappa shape index (κ2) is 7.58. The lowest BCUT2D eigenvalue weighted by molar-refractivity contribution is -0.890. The summed E-state index contributed by atoms with van der Waals surface area (Å²) in [5.74, 6) is -0.504. The number of anilines is 1. The van der Waals surface area contributed by atoms with Gasteiger partial charge in [0.15, 0.2) is 18.5 Å². The number of likely N-dealkylation sites (tertiary alicyclic amines) is 1. The fraction of sp³-hybridized carbons (Fsp3) is 0.292. The third kappa shape index (κ3) is 3.37. The number of esters is 1. The predicted molar refractivity (Wildman–Crippen MR) is 115 cm³/mol. The maximum atomic E-state index is 13.3. The summed E-state index contributed by atoms with van der Waals surface area (Å²) < 4.78 is 11.0. The minimum absolute atomic E-state index is 0.189. The molecule has 1 fully saturated rings. The van der Waals surface area contributed by atoms with Gasteiger partial charge < -0.3 is 24.2 Å². The van der Waals surface area contributed by atoms with Crippen LogP contribution in [0.3, 0.4) is 0 Å². The zero-order valence-electron chi connectivity index (χ0n) is 17.7. The van der Waals surface area contributed by atoms with E-state index >= 15 is 0 Å². The normalized spacial score (nSPS) is 22.8. The van der Waals surface area contributed by atoms with Crippen LogP contribution in [0.2, 0.25) is 0 Å². The SMILES string of the molecule is C[N+]1(CC(=O)Nc2ccon2)CC[C@@H](OC(=O)C2(O)c3ccccc3-c3ccccc32)C1. The minimum Gasteiger partial charge on any atom is -0.453 e. The molecule has 1 saturated heterocycles. The summed E-state index contributed by atoms with van der Waals surface area (Å²) in [5, 5.41) is 18.0. The Balaban J connectivity index is 1.30. The van der Waals surface area contributed by atoms with Crippen LogP contribution >= 0.6 is 0 Å². The first-order valence-electron chi connectivity index (χ1n) is 10.6. The lowest BCUT2D eigenvalue weighted by atomic mass is 9.91. The molecule has 32 heavy (non-hydrogen) atoms. The van der Waals surface area contributed by atoms with Gasteiger partial charge in [0.2, 0.25) is 5.60 Å². The predicted octanol–water partition coefficient (Wildman–Crippen LogP) is 2.29. The number of carbonyl (C=O) groups is 2. The summed E-state index contributed by atoms with van der Waals surface area (Å²) in [6, 6.07) is 16.3. The molecule has 1 aliphatic carbocycles. The average molecular weight is 434 g/mol. The van der Waals surface area contributed by atoms with Crippen LogP contribution in [0.25, 0.3) is 11.1 Å². The van der Waals surface area contributed by atoms with Gasteiger partial charge in [-0.3, -0.25) is 4.79 Å². The van der Waals surface area contributed by atoms with Gasteiger partial charge in [0.25, 0.3) is 5.91 Å². The van der Waals surface area contributed by atoms with Crippen LogP contribution in [0.15, 0.2) is 65.4 Å². The molecular formula is C24H24N3O5+. The Morgan fingerprint density at radius 3 is 2.44 bits per heavy atom. The molecule has 2 N–H and O–H groups in total. The number of quaternary nitrogens is 1. The van der Waals surface area contributed by atoms with E-state index in [0.717, 1.165) is 11.1 Å². The third-order valence-electron chi connectivity index (χ3n) is 6.36. The first-order chi connectivity index (χ1) is 15.4. The Kier molecular flexibility index (Phi) is 4.83. The van der Waals surface area contributed by atoms with Gasteiger partial charge in [-0.2, -0.15) is 0 Å². The number of nitrogens with zero attached hydrogens (tertiary/aromatic N) is 2. The van der Waals surface area contributed by atoms with Gasteiger partial charge in [-0.1, -0.05) is 53.7 Å². The highest BCUT2D eigenvalue weighted by Crippen LogP contribution is 2.48. The van der Waals surface area contributed by atoms with Crippen molar-refractivity contribution in [2.75, 3.05) is 32.0 Å². The maximum Gasteiger partial charge on any atom is 0.348 e. The molecule has 0 radical (unpaired) electrons. The van der Waals surface area contributed by atoms with Gasteiger partial charge in [0, 0.05) is 23.6 Å². The van der Waals surface area contributed by atoms with Crippen molar-refractivity contribution in [1.82, 2.24) is 5.16 Å². The second-order valence-corrected chi connectivity index (χ2v) is 8.73. The monoisotopic (exact) mass is 434 g/mol. The highest BCUT2D eigenvalue weighted by atomic mass is 16.6. The van der Waals surface area contributed by atoms with Crippen LogP contribution in [0.5, 0.6) is 0 Å². The molecule has 1 aromatic heterocycles. The van der Waals surface area contributed by atoms with Gasteiger partial charge in [-0.25, -0.2) is 4.79 Å². The molecule has 0 spiro atoms. The zero-order valence-corrected chi connectivity index (χ0v) is 17.7. The van der Waals surface area contributed by atoms with Crippen molar-refractivity contribution in [2.45, 2.75) is 18.1 Å². The highest BCUT2D eigenvalue weighted by molar-refractivity contribution is 5.96. The van der Waals surface area contributed by atoms with Crippen LogP contribution < -0.4 is 5.32 Å². The van der Waals surface area contributed by atoms with Gasteiger partial charge in [-0.05, 0) is 11.1 Å². The lowest BCUT2D eigenvalue weighted by Gasteiger charge is -2.29. The number of nitrogens with one attached hydrogen (secondary N) is 1. The van der Waals surface area contributed by atoms with Crippen LogP contribution in [0, 0.1) is 0 Å². The first kappa shape index (κ1) is 20.4. The Hall–Kier alpha value is -3.49. The fourth-order valence-corrected chi connectivity index (χ4v) is 4.84. The molecule has 3 aromatic rings. The van der Waals surface area contributed by atoms with E-state index in [2.05, 4.69) is 10.5 Å². The minimum atomic E-state index is -1.84. The number of aromatic nitrogens is 1. The van der Waals surface area contributed by atoms with E-state index < -0.39 is 17.7 Å². The number of benzene rings is 2. The van der Waals surface area contributed by atoms with Crippen molar-refractivity contribution in [3.63, 3.8) is 0 Å². The maximum absolute atomic E-state index is 13.3. The van der Waals surface area contributed by atoms with Gasteiger partial charge in [-0.15, -0.1) is 0 Å². The molecule has 1 unspecified atom stereocenters. The molecule has 5 rings (SSSR count). The van der Waals surface area contributed by atoms with Crippen molar-refractivity contribution < 1.29 is 28.4 Å². The van der Waals surface area contributed by atoms with Gasteiger partial charge >= 0.3 is 5.97 Å². The number of ether oxygens (including phenoxy) is 1. The largest absolute Gasteiger partial charge is 0.453 e. The molecule has 2 atom stereocenters. The Morgan fingerprint density at radius 1 is 1.16 bits per heavy atom. The van der Waals surface area contributed by atoms with Crippen LogP contribution in [-0.4, -0.2) is 59.4 Å². The van der Waals surface area contributed by atoms with Crippen LogP contribution in [0.4, 0.5) is 5.82 Å². The Morgan fingerprint density at radius 2 is 1.81 bits per heavy atom. The summed E-state index contributed by atoms with van der Waals surface area (Å²) >= 11 is 0. The summed E-state index contributed by atoms with van der Waals surface area (Å²) in [6.07, 6.45) is 1.61. The smallest absolute Gasteiger partial charge is 0.348 e. The van der Waals surface area contributed by atoms with Crippen LogP contribution in [-0.2, 0) is 19.9 Å². The molecule has 8 heteroatoms. The molecule has 2 aliphatic rings. The van der Waals surface area contributed by atoms with E-state index in [1.807, 2.05) is 31.3 Å². The zero-order chi connectivity index (χ0) is 22.3. The first-order valence-corrected chi connectivity index (χ1v) is 10.6. The fourth-order valence-electron chi connectivity index (χ4n) is 4.84. The molecule has 1 amide bonds. The van der Waals surface area contributed by atoms with Crippen LogP contribution in [0.1, 0.15) is 17.5 Å². The number of hydrogen-bond acceptors (Lipinski definition) is 6. The quantitative estimate of drug-likeness (QED) is 0.472. The number of hydrogen-bond donors (Lipinski definition) is 2. The summed E-state index contributed by atoms with van der Waals surface area (Å²) in [6.45, 7) is 1.38. The van der Waals surface area contributed by atoms with Crippen molar-refractivity contribution in [1.29, 1.82) is 0 Å². The van der Waals surface area contributed by atoms with Crippen molar-refractivity contribution >= 4 is 17.7 Å². The molecular weight excluding hydrogens is 410 g/mol. The molecule has 0 saturated carbocycles. The number of amides is 1. The van der Waals surface area contributed by atoms with E-state index in [-0.39, 0.29) is 12.5 Å². The molecule has 164 valence electrons. The van der Waals surface area contributed by atoms with Crippen molar-refractivity contribution in [3.05, 3.63) is 72.0 Å². The lowest BCUT2D eigenvalue weighted by Crippen LogP contribution is -2.48. The van der Waals surface area contributed by atoms with Crippen molar-refractivity contribution in [2.24, 2.45) is 0 Å². The van der Waals surface area contributed by atoms with E-state index in [1.165, 1.54) is 6.26 Å². The summed E-state index contributed by atoms with van der Waals surface area (Å²) in [5.41, 5.74) is 0.892. The topological polar surface area (TPSA) is 102 Å². The molecule has 8 nitrogen and oxygen atoms in total. The highest BCUT2D eigenvalue weighted by Gasteiger charge is 2.51. The second-order valence-electron chi connectivity index (χ2n) is 8.73. The third-order valence-corrected chi connectivity index (χ3v) is 6.36. The molecule has 2 aromatic carbocycles. The van der Waals surface area contributed by atoms with E-state index in [4.69, 9.17) is 9.26 Å². The number of fused-ring (bicyclic) bond motifs is 3. The Bertz CT molecular complexity index is 1130. The van der Waals surface area contributed by atoms with E-state index in [9.17, 15) is 14.7 Å². The average Bonchev–Trinajstić information content (AvgIpc) is 3.48. The molecule has 0 bridgehead atoms. The van der Waals surface area contributed by atoms with Crippen molar-refractivity contribution in [3.8, 4) is 11.1 Å². The molecule has 2 heterocycles. The summed E-state index contributed by atoms with van der Waals surface area (Å²) in [7, 11) is 1.95. The Labute approximate surface area is 185 Å². The van der Waals surface area contributed by atoms with Gasteiger partial charge in [0.1, 0.15) is 12.8 Å². The molecule has 1 aliphatic heterocycles. The van der Waals surface area contributed by atoms with Gasteiger partial charge in [0.05, 0.1) is 13.6 Å². The van der Waals surface area contributed by atoms with E-state index in [1.54, 1.807) is 30.3 Å². The standard InChI is InChI=1S/C24H23N3O5/c1-27(15-22(28)25-21-11-13-31-26-21)12-10-16(14-27)32-23(29)24(30)19-8-4-2-6-17(19)18-7-3-5-9-20(18)24/h2-9,11,13,16,30H,10,12,14-15H2,1H3/p+1/t16-,27?/m1/s1. The summed E-state index contributed by atoms with van der Waals surface area (Å²) in [4.78, 5) is 25.7. The number of aliphatic hydroxyl groups is 1. The number of likely N-dealkylation sites (N-methyl/N-ethyl adjacent to an activating group) is 1.